The summed E-state index contributed by atoms with van der Waals surface area (Å²) in [6.07, 6.45) is 0. The highest BCUT2D eigenvalue weighted by Gasteiger charge is 2.21. The molecule has 8 heteroatoms. The second-order valence-electron chi connectivity index (χ2n) is 4.86. The van der Waals surface area contributed by atoms with Crippen molar-refractivity contribution in [3.8, 4) is 5.69 Å². The van der Waals surface area contributed by atoms with Crippen LogP contribution in [0.25, 0.3) is 5.69 Å². The van der Waals surface area contributed by atoms with Crippen LogP contribution in [0.4, 0.5) is 0 Å². The third kappa shape index (κ3) is 3.11. The van der Waals surface area contributed by atoms with Crippen molar-refractivity contribution in [3.63, 3.8) is 0 Å². The summed E-state index contributed by atoms with van der Waals surface area (Å²) in [5.41, 5.74) is 3.13. The second kappa shape index (κ2) is 6.47. The van der Waals surface area contributed by atoms with Crippen LogP contribution in [-0.2, 0) is 11.3 Å². The van der Waals surface area contributed by atoms with Crippen molar-refractivity contribution in [2.24, 2.45) is 0 Å². The van der Waals surface area contributed by atoms with Crippen molar-refractivity contribution >= 4 is 29.1 Å². The van der Waals surface area contributed by atoms with Gasteiger partial charge in [-0.25, -0.2) is 9.48 Å². The molecule has 0 fully saturated rings. The van der Waals surface area contributed by atoms with Crippen molar-refractivity contribution in [1.29, 1.82) is 0 Å². The van der Waals surface area contributed by atoms with E-state index in [1.54, 1.807) is 11.6 Å². The molecule has 0 aliphatic rings. The van der Waals surface area contributed by atoms with Crippen LogP contribution in [0.3, 0.4) is 0 Å². The van der Waals surface area contributed by atoms with Gasteiger partial charge in [-0.15, -0.1) is 5.10 Å². The Morgan fingerprint density at radius 3 is 2.70 bits per heavy atom. The van der Waals surface area contributed by atoms with E-state index >= 15 is 0 Å². The molecule has 6 nitrogen and oxygen atoms in total. The number of esters is 1. The summed E-state index contributed by atoms with van der Waals surface area (Å²) in [5, 5.41) is 8.25. The molecule has 3 rings (SSSR count). The lowest BCUT2D eigenvalue weighted by molar-refractivity contribution is 0.0466. The summed E-state index contributed by atoms with van der Waals surface area (Å²) < 4.78 is 11.1. The Bertz CT molecular complexity index is 845. The van der Waals surface area contributed by atoms with Crippen LogP contribution >= 0.6 is 23.1 Å². The summed E-state index contributed by atoms with van der Waals surface area (Å²) in [4.78, 5) is 12.4. The van der Waals surface area contributed by atoms with Gasteiger partial charge in [0.05, 0.1) is 17.1 Å². The van der Waals surface area contributed by atoms with E-state index in [2.05, 4.69) is 14.7 Å². The highest BCUT2D eigenvalue weighted by atomic mass is 35.5. The van der Waals surface area contributed by atoms with Crippen molar-refractivity contribution in [2.45, 2.75) is 20.5 Å². The SMILES string of the molecule is Cc1nn(-c2ccccc2)c(C)c1C(=O)OCc1nnsc1Cl. The van der Waals surface area contributed by atoms with Crippen LogP contribution < -0.4 is 0 Å². The molecule has 0 radical (unpaired) electrons. The molecule has 0 bridgehead atoms. The largest absolute Gasteiger partial charge is 0.455 e. The molecule has 2 aromatic heterocycles. The Morgan fingerprint density at radius 1 is 1.30 bits per heavy atom. The number of carbonyl (C=O) groups is 1. The van der Waals surface area contributed by atoms with Crippen LogP contribution in [0.5, 0.6) is 0 Å². The van der Waals surface area contributed by atoms with E-state index in [1.807, 2.05) is 37.3 Å². The van der Waals surface area contributed by atoms with E-state index < -0.39 is 5.97 Å². The molecule has 0 N–H and O–H groups in total. The van der Waals surface area contributed by atoms with Crippen LogP contribution in [-0.4, -0.2) is 25.3 Å². The lowest BCUT2D eigenvalue weighted by Crippen LogP contribution is -2.08. The average Bonchev–Trinajstić information content (AvgIpc) is 3.09. The van der Waals surface area contributed by atoms with Crippen LogP contribution in [0, 0.1) is 13.8 Å². The minimum Gasteiger partial charge on any atom is -0.455 e. The summed E-state index contributed by atoms with van der Waals surface area (Å²) in [5.74, 6) is -0.453. The quantitative estimate of drug-likeness (QED) is 0.676. The van der Waals surface area contributed by atoms with E-state index in [0.717, 1.165) is 22.9 Å². The number of aromatic nitrogens is 4. The molecular weight excluding hydrogens is 336 g/mol. The number of para-hydroxylation sites is 1. The van der Waals surface area contributed by atoms with E-state index in [1.165, 1.54) is 0 Å². The number of ether oxygens (including phenoxy) is 1. The summed E-state index contributed by atoms with van der Waals surface area (Å²) in [6.45, 7) is 3.60. The maximum Gasteiger partial charge on any atom is 0.342 e. The van der Waals surface area contributed by atoms with E-state index in [4.69, 9.17) is 16.3 Å². The van der Waals surface area contributed by atoms with Crippen LogP contribution in [0.15, 0.2) is 30.3 Å². The molecule has 1 aromatic carbocycles. The third-order valence-corrected chi connectivity index (χ3v) is 4.33. The van der Waals surface area contributed by atoms with Gasteiger partial charge >= 0.3 is 5.97 Å². The van der Waals surface area contributed by atoms with Crippen molar-refractivity contribution in [2.75, 3.05) is 0 Å². The number of hydrogen-bond donors (Lipinski definition) is 0. The number of rotatable bonds is 4. The molecule has 0 amide bonds. The van der Waals surface area contributed by atoms with Crippen LogP contribution in [0.1, 0.15) is 27.4 Å². The smallest absolute Gasteiger partial charge is 0.342 e. The first kappa shape index (κ1) is 15.6. The maximum absolute atomic E-state index is 12.4. The molecule has 0 aliphatic carbocycles. The molecule has 0 saturated heterocycles. The number of aryl methyl sites for hydroxylation is 1. The van der Waals surface area contributed by atoms with Gasteiger partial charge < -0.3 is 4.74 Å². The zero-order valence-electron chi connectivity index (χ0n) is 12.5. The van der Waals surface area contributed by atoms with E-state index in [0.29, 0.717) is 21.3 Å². The number of halogens is 1. The zero-order chi connectivity index (χ0) is 16.4. The highest BCUT2D eigenvalue weighted by molar-refractivity contribution is 7.10. The fourth-order valence-electron chi connectivity index (χ4n) is 2.25. The number of carbonyl (C=O) groups excluding carboxylic acids is 1. The number of nitrogens with zero attached hydrogens (tertiary/aromatic N) is 4. The summed E-state index contributed by atoms with van der Waals surface area (Å²) in [6, 6.07) is 9.61. The van der Waals surface area contributed by atoms with Crippen LogP contribution in [0.2, 0.25) is 4.34 Å². The monoisotopic (exact) mass is 348 g/mol. The van der Waals surface area contributed by atoms with E-state index in [-0.39, 0.29) is 6.61 Å². The molecule has 23 heavy (non-hydrogen) atoms. The first-order valence-corrected chi connectivity index (χ1v) is 7.98. The third-order valence-electron chi connectivity index (χ3n) is 3.35. The van der Waals surface area contributed by atoms with Crippen molar-refractivity contribution in [1.82, 2.24) is 19.4 Å². The Balaban J connectivity index is 1.84. The Labute approximate surface area is 141 Å². The summed E-state index contributed by atoms with van der Waals surface area (Å²) >= 11 is 6.96. The van der Waals surface area contributed by atoms with E-state index in [9.17, 15) is 4.79 Å². The van der Waals surface area contributed by atoms with Gasteiger partial charge in [-0.3, -0.25) is 0 Å². The Morgan fingerprint density at radius 2 is 2.04 bits per heavy atom. The standard InChI is InChI=1S/C15H13ClN4O2S/c1-9-13(15(21)22-8-12-14(16)23-19-17-12)10(2)20(18-9)11-6-4-3-5-7-11/h3-7H,8H2,1-2H3. The predicted octanol–water partition coefficient (Wildman–Crippen LogP) is 3.35. The lowest BCUT2D eigenvalue weighted by Gasteiger charge is -2.05. The minimum atomic E-state index is -0.453. The maximum atomic E-state index is 12.4. The normalized spacial score (nSPS) is 10.7. The molecule has 118 valence electrons. The van der Waals surface area contributed by atoms with Gasteiger partial charge in [0.2, 0.25) is 0 Å². The first-order valence-electron chi connectivity index (χ1n) is 6.83. The molecule has 0 atom stereocenters. The number of benzene rings is 1. The number of hydrogen-bond acceptors (Lipinski definition) is 6. The van der Waals surface area contributed by atoms with Crippen molar-refractivity contribution < 1.29 is 9.53 Å². The molecule has 0 unspecified atom stereocenters. The molecule has 0 aliphatic heterocycles. The Kier molecular flexibility index (Phi) is 4.40. The summed E-state index contributed by atoms with van der Waals surface area (Å²) in [7, 11) is 0. The van der Waals surface area contributed by atoms with Gasteiger partial charge in [0, 0.05) is 11.5 Å². The Hall–Kier alpha value is -2.25. The average molecular weight is 349 g/mol. The molecule has 2 heterocycles. The predicted molar refractivity (Wildman–Crippen MR) is 87.1 cm³/mol. The fourth-order valence-corrected chi connectivity index (χ4v) is 2.85. The van der Waals surface area contributed by atoms with Gasteiger partial charge in [0.25, 0.3) is 0 Å². The van der Waals surface area contributed by atoms with Gasteiger partial charge in [-0.05, 0) is 26.0 Å². The van der Waals surface area contributed by atoms with Gasteiger partial charge in [0.1, 0.15) is 22.2 Å². The van der Waals surface area contributed by atoms with Gasteiger partial charge in [0.15, 0.2) is 0 Å². The van der Waals surface area contributed by atoms with Gasteiger partial charge in [-0.1, -0.05) is 34.3 Å². The van der Waals surface area contributed by atoms with Gasteiger partial charge in [-0.2, -0.15) is 5.10 Å². The lowest BCUT2D eigenvalue weighted by atomic mass is 10.2. The molecule has 0 saturated carbocycles. The zero-order valence-corrected chi connectivity index (χ0v) is 14.1. The van der Waals surface area contributed by atoms with Crippen molar-refractivity contribution in [3.05, 3.63) is 57.3 Å². The fraction of sp³-hybridized carbons (Fsp3) is 0.200. The second-order valence-corrected chi connectivity index (χ2v) is 6.22. The molecule has 0 spiro atoms. The topological polar surface area (TPSA) is 69.9 Å². The molecular formula is C15H13ClN4O2S. The highest BCUT2D eigenvalue weighted by Crippen LogP contribution is 2.21. The molecule has 3 aromatic rings. The minimum absolute atomic E-state index is 0.0104. The first-order chi connectivity index (χ1) is 11.1.